The Morgan fingerprint density at radius 2 is 1.95 bits per heavy atom. The Kier molecular flexibility index (Phi) is 5.52. The molecule has 20 heavy (non-hydrogen) atoms. The van der Waals surface area contributed by atoms with E-state index in [2.05, 4.69) is 23.7 Å². The van der Waals surface area contributed by atoms with Gasteiger partial charge in [-0.15, -0.1) is 0 Å². The summed E-state index contributed by atoms with van der Waals surface area (Å²) in [7, 11) is 0. The number of rotatable bonds is 3. The van der Waals surface area contributed by atoms with Gasteiger partial charge in [0.1, 0.15) is 0 Å². The van der Waals surface area contributed by atoms with Crippen molar-refractivity contribution in [3.8, 4) is 11.8 Å². The first-order valence-electron chi connectivity index (χ1n) is 7.52. The maximum Gasteiger partial charge on any atom is 0.231 e. The van der Waals surface area contributed by atoms with Crippen molar-refractivity contribution in [3.05, 3.63) is 29.6 Å². The van der Waals surface area contributed by atoms with Crippen molar-refractivity contribution >= 4 is 0 Å². The zero-order valence-corrected chi connectivity index (χ0v) is 12.0. The van der Waals surface area contributed by atoms with E-state index in [0.29, 0.717) is 5.92 Å². The smallest absolute Gasteiger partial charge is 0.189 e. The summed E-state index contributed by atoms with van der Waals surface area (Å²) in [6, 6.07) is 2.51. The van der Waals surface area contributed by atoms with Gasteiger partial charge in [-0.3, -0.25) is 0 Å². The minimum absolute atomic E-state index is 0.194. The van der Waals surface area contributed by atoms with Gasteiger partial charge >= 0.3 is 0 Å². The highest BCUT2D eigenvalue weighted by Crippen LogP contribution is 2.31. The number of nitrogens with zero attached hydrogens (tertiary/aromatic N) is 1. The third-order valence-corrected chi connectivity index (χ3v) is 4.04. The molecule has 1 saturated carbocycles. The maximum atomic E-state index is 13.4. The first-order valence-corrected chi connectivity index (χ1v) is 7.52. The van der Waals surface area contributed by atoms with Gasteiger partial charge in [0, 0.05) is 5.92 Å². The van der Waals surface area contributed by atoms with Crippen LogP contribution in [-0.4, -0.2) is 4.98 Å². The average molecular weight is 277 g/mol. The van der Waals surface area contributed by atoms with E-state index in [0.717, 1.165) is 24.8 Å². The van der Waals surface area contributed by atoms with Gasteiger partial charge in [-0.25, -0.2) is 0 Å². The van der Waals surface area contributed by atoms with E-state index in [1.54, 1.807) is 0 Å². The van der Waals surface area contributed by atoms with Crippen molar-refractivity contribution in [1.29, 1.82) is 0 Å². The molecule has 3 heteroatoms. The number of hydrogen-bond donors (Lipinski definition) is 0. The van der Waals surface area contributed by atoms with Gasteiger partial charge in [-0.1, -0.05) is 38.0 Å². The van der Waals surface area contributed by atoms with Crippen LogP contribution in [0.15, 0.2) is 12.1 Å². The standard InChI is InChI=1S/C17H21F2N/c1-2-3-4-13-5-7-14(8-6-13)9-10-15-11-12-16(18)20-17(15)19/h11-14H,2-8H2,1H3. The number of hydrogen-bond acceptors (Lipinski definition) is 1. The fourth-order valence-electron chi connectivity index (χ4n) is 2.77. The van der Waals surface area contributed by atoms with E-state index in [4.69, 9.17) is 0 Å². The van der Waals surface area contributed by atoms with Crippen LogP contribution < -0.4 is 0 Å². The molecule has 1 aromatic rings. The topological polar surface area (TPSA) is 12.9 Å². The first kappa shape index (κ1) is 15.0. The molecule has 2 rings (SSSR count). The molecule has 108 valence electrons. The largest absolute Gasteiger partial charge is 0.231 e. The molecule has 1 heterocycles. The van der Waals surface area contributed by atoms with Crippen molar-refractivity contribution in [2.45, 2.75) is 51.9 Å². The summed E-state index contributed by atoms with van der Waals surface area (Å²) < 4.78 is 26.0. The van der Waals surface area contributed by atoms with Crippen LogP contribution in [-0.2, 0) is 0 Å². The molecule has 0 aliphatic heterocycles. The Labute approximate surface area is 119 Å². The van der Waals surface area contributed by atoms with Crippen molar-refractivity contribution in [2.75, 3.05) is 0 Å². The van der Waals surface area contributed by atoms with Gasteiger partial charge < -0.3 is 0 Å². The summed E-state index contributed by atoms with van der Waals surface area (Å²) in [5, 5.41) is 0. The van der Waals surface area contributed by atoms with Crippen LogP contribution in [0.4, 0.5) is 8.78 Å². The second-order valence-electron chi connectivity index (χ2n) is 5.60. The van der Waals surface area contributed by atoms with E-state index in [1.807, 2.05) is 0 Å². The zero-order chi connectivity index (χ0) is 14.4. The predicted octanol–water partition coefficient (Wildman–Crippen LogP) is 4.71. The lowest BCUT2D eigenvalue weighted by molar-refractivity contribution is 0.296. The van der Waals surface area contributed by atoms with Gasteiger partial charge in [0.15, 0.2) is 0 Å². The van der Waals surface area contributed by atoms with Gasteiger partial charge in [-0.2, -0.15) is 13.8 Å². The quantitative estimate of drug-likeness (QED) is 0.576. The first-order chi connectivity index (χ1) is 9.69. The summed E-state index contributed by atoms with van der Waals surface area (Å²) >= 11 is 0. The summed E-state index contributed by atoms with van der Waals surface area (Å²) in [6.07, 6.45) is 8.54. The second kappa shape index (κ2) is 7.38. The predicted molar refractivity (Wildman–Crippen MR) is 76.0 cm³/mol. The third kappa shape index (κ3) is 4.30. The second-order valence-corrected chi connectivity index (χ2v) is 5.60. The number of aromatic nitrogens is 1. The number of pyridine rings is 1. The van der Waals surface area contributed by atoms with E-state index in [-0.39, 0.29) is 5.56 Å². The Morgan fingerprint density at radius 3 is 2.60 bits per heavy atom. The minimum atomic E-state index is -0.811. The van der Waals surface area contributed by atoms with Gasteiger partial charge in [-0.05, 0) is 43.7 Å². The van der Waals surface area contributed by atoms with E-state index >= 15 is 0 Å². The van der Waals surface area contributed by atoms with Crippen LogP contribution in [0.25, 0.3) is 0 Å². The number of halogens is 2. The lowest BCUT2D eigenvalue weighted by Gasteiger charge is -2.25. The molecule has 0 atom stereocenters. The van der Waals surface area contributed by atoms with Gasteiger partial charge in [0.2, 0.25) is 11.9 Å². The molecule has 0 spiro atoms. The third-order valence-electron chi connectivity index (χ3n) is 4.04. The van der Waals surface area contributed by atoms with E-state index in [9.17, 15) is 8.78 Å². The molecule has 0 radical (unpaired) electrons. The molecule has 1 aliphatic carbocycles. The lowest BCUT2D eigenvalue weighted by atomic mass is 9.80. The summed E-state index contributed by atoms with van der Waals surface area (Å²) in [5.41, 5.74) is 0.194. The van der Waals surface area contributed by atoms with Crippen LogP contribution >= 0.6 is 0 Å². The van der Waals surface area contributed by atoms with Crippen LogP contribution in [0.3, 0.4) is 0 Å². The molecule has 0 N–H and O–H groups in total. The molecular formula is C17H21F2N. The highest BCUT2D eigenvalue weighted by atomic mass is 19.1. The van der Waals surface area contributed by atoms with Crippen molar-refractivity contribution in [1.82, 2.24) is 4.98 Å². The molecule has 0 aromatic carbocycles. The molecule has 0 unspecified atom stereocenters. The fraction of sp³-hybridized carbons (Fsp3) is 0.588. The Morgan fingerprint density at radius 1 is 1.20 bits per heavy atom. The van der Waals surface area contributed by atoms with Crippen molar-refractivity contribution < 1.29 is 8.78 Å². The summed E-state index contributed by atoms with van der Waals surface area (Å²) in [6.45, 7) is 2.22. The maximum absolute atomic E-state index is 13.4. The molecule has 0 bridgehead atoms. The van der Waals surface area contributed by atoms with Crippen molar-refractivity contribution in [3.63, 3.8) is 0 Å². The molecule has 1 fully saturated rings. The zero-order valence-electron chi connectivity index (χ0n) is 12.0. The molecule has 1 nitrogen and oxygen atoms in total. The van der Waals surface area contributed by atoms with Crippen LogP contribution in [0, 0.1) is 35.6 Å². The summed E-state index contributed by atoms with van der Waals surface area (Å²) in [4.78, 5) is 3.15. The molecule has 0 amide bonds. The highest BCUT2D eigenvalue weighted by molar-refractivity contribution is 5.33. The normalized spacial score (nSPS) is 22.1. The van der Waals surface area contributed by atoms with E-state index < -0.39 is 11.9 Å². The Hall–Kier alpha value is -1.43. The van der Waals surface area contributed by atoms with Crippen LogP contribution in [0.2, 0.25) is 0 Å². The monoisotopic (exact) mass is 277 g/mol. The lowest BCUT2D eigenvalue weighted by Crippen LogP contribution is -2.13. The average Bonchev–Trinajstić information content (AvgIpc) is 2.45. The molecule has 1 aromatic heterocycles. The minimum Gasteiger partial charge on any atom is -0.189 e. The number of unbranched alkanes of at least 4 members (excludes halogenated alkanes) is 1. The highest BCUT2D eigenvalue weighted by Gasteiger charge is 2.19. The van der Waals surface area contributed by atoms with Gasteiger partial charge in [0.25, 0.3) is 0 Å². The molecule has 0 saturated heterocycles. The summed E-state index contributed by atoms with van der Waals surface area (Å²) in [5.74, 6) is 5.51. The Balaban J connectivity index is 1.88. The SMILES string of the molecule is CCCCC1CCC(C#Cc2ccc(F)nc2F)CC1. The van der Waals surface area contributed by atoms with Gasteiger partial charge in [0.05, 0.1) is 5.56 Å². The van der Waals surface area contributed by atoms with Crippen LogP contribution in [0.5, 0.6) is 0 Å². The molecular weight excluding hydrogens is 256 g/mol. The molecule has 1 aliphatic rings. The fourth-order valence-corrected chi connectivity index (χ4v) is 2.77. The Bertz CT molecular complexity index is 493. The van der Waals surface area contributed by atoms with Crippen molar-refractivity contribution in [2.24, 2.45) is 11.8 Å². The van der Waals surface area contributed by atoms with E-state index in [1.165, 1.54) is 38.2 Å². The van der Waals surface area contributed by atoms with Crippen LogP contribution in [0.1, 0.15) is 57.4 Å².